The van der Waals surface area contributed by atoms with Gasteiger partial charge in [0.15, 0.2) is 5.43 Å². The van der Waals surface area contributed by atoms with Crippen LogP contribution in [0.4, 0.5) is 0 Å². The van der Waals surface area contributed by atoms with E-state index in [9.17, 15) is 4.79 Å². The average Bonchev–Trinajstić information content (AvgIpc) is 2.74. The van der Waals surface area contributed by atoms with Crippen LogP contribution in [0, 0.1) is 0 Å². The van der Waals surface area contributed by atoms with Gasteiger partial charge in [0.25, 0.3) is 0 Å². The normalized spacial score (nSPS) is 17.8. The number of pyridine rings is 1. The summed E-state index contributed by atoms with van der Waals surface area (Å²) in [4.78, 5) is 15.4. The Morgan fingerprint density at radius 2 is 1.41 bits per heavy atom. The fourth-order valence-electron chi connectivity index (χ4n) is 4.11. The first-order chi connectivity index (χ1) is 14.2. The maximum Gasteiger partial charge on any atom is 0.197 e. The average molecular weight is 394 g/mol. The summed E-state index contributed by atoms with van der Waals surface area (Å²) in [6, 6.07) is 14.1. The molecule has 3 aromatic rings. The third-order valence-corrected chi connectivity index (χ3v) is 5.75. The minimum absolute atomic E-state index is 0.119. The van der Waals surface area contributed by atoms with Crippen molar-refractivity contribution in [1.29, 1.82) is 0 Å². The Morgan fingerprint density at radius 3 is 2.14 bits per heavy atom. The molecule has 6 nitrogen and oxygen atoms in total. The van der Waals surface area contributed by atoms with Gasteiger partial charge in [0, 0.05) is 76.7 Å². The fraction of sp³-hybridized carbons (Fsp3) is 0.435. The van der Waals surface area contributed by atoms with Crippen LogP contribution in [0.2, 0.25) is 0 Å². The Balaban J connectivity index is 1.58. The first-order valence-corrected chi connectivity index (χ1v) is 10.6. The number of benzene rings is 2. The predicted octanol–water partition coefficient (Wildman–Crippen LogP) is 1.28. The van der Waals surface area contributed by atoms with Crippen LogP contribution >= 0.6 is 0 Å². The molecule has 29 heavy (non-hydrogen) atoms. The summed E-state index contributed by atoms with van der Waals surface area (Å²) in [6.45, 7) is 8.89. The molecule has 1 aliphatic rings. The van der Waals surface area contributed by atoms with E-state index in [1.807, 2.05) is 37.4 Å². The van der Waals surface area contributed by atoms with Crippen molar-refractivity contribution in [2.24, 2.45) is 7.05 Å². The quantitative estimate of drug-likeness (QED) is 0.573. The lowest BCUT2D eigenvalue weighted by molar-refractivity contribution is 0.263. The van der Waals surface area contributed by atoms with E-state index in [0.29, 0.717) is 0 Å². The Bertz CT molecular complexity index is 1020. The highest BCUT2D eigenvalue weighted by Gasteiger charge is 2.11. The van der Waals surface area contributed by atoms with Crippen LogP contribution in [-0.4, -0.2) is 61.8 Å². The van der Waals surface area contributed by atoms with Gasteiger partial charge in [0.1, 0.15) is 0 Å². The monoisotopic (exact) mass is 393 g/mol. The van der Waals surface area contributed by atoms with Gasteiger partial charge in [-0.3, -0.25) is 9.69 Å². The molecule has 0 spiro atoms. The van der Waals surface area contributed by atoms with Gasteiger partial charge >= 0.3 is 0 Å². The van der Waals surface area contributed by atoms with Crippen molar-refractivity contribution in [1.82, 2.24) is 25.4 Å². The van der Waals surface area contributed by atoms with E-state index in [0.717, 1.165) is 80.7 Å². The Kier molecular flexibility index (Phi) is 6.56. The fourth-order valence-corrected chi connectivity index (χ4v) is 4.11. The zero-order chi connectivity index (χ0) is 20.1. The maximum absolute atomic E-state index is 12.9. The predicted molar refractivity (Wildman–Crippen MR) is 121 cm³/mol. The molecular formula is C23H31N5O. The van der Waals surface area contributed by atoms with Crippen LogP contribution < -0.4 is 21.4 Å². The Morgan fingerprint density at radius 1 is 0.793 bits per heavy atom. The van der Waals surface area contributed by atoms with Crippen molar-refractivity contribution in [3.8, 4) is 0 Å². The highest BCUT2D eigenvalue weighted by Crippen LogP contribution is 2.20. The molecule has 0 saturated carbocycles. The van der Waals surface area contributed by atoms with Gasteiger partial charge in [-0.2, -0.15) is 0 Å². The van der Waals surface area contributed by atoms with Crippen LogP contribution in [0.3, 0.4) is 0 Å². The van der Waals surface area contributed by atoms with Gasteiger partial charge < -0.3 is 20.5 Å². The Hall–Kier alpha value is -2.25. The van der Waals surface area contributed by atoms with Crippen LogP contribution in [0.1, 0.15) is 5.56 Å². The standard InChI is InChI=1S/C23H31N5O/c1-27-21-5-3-2-4-19(21)23(29)20-7-6-18(16-22(20)27)17-28-14-12-25-10-8-24-9-11-26-13-15-28/h2-7,16,24-26H,8-15,17H2,1H3. The molecule has 6 heteroatoms. The number of nitrogens with zero attached hydrogens (tertiary/aromatic N) is 2. The van der Waals surface area contributed by atoms with Crippen molar-refractivity contribution in [2.75, 3.05) is 52.4 Å². The molecule has 4 rings (SSSR count). The molecule has 1 saturated heterocycles. The van der Waals surface area contributed by atoms with Gasteiger partial charge in [-0.1, -0.05) is 18.2 Å². The number of aromatic nitrogens is 1. The van der Waals surface area contributed by atoms with Crippen molar-refractivity contribution in [3.63, 3.8) is 0 Å². The molecule has 1 fully saturated rings. The molecule has 0 unspecified atom stereocenters. The largest absolute Gasteiger partial charge is 0.343 e. The van der Waals surface area contributed by atoms with Crippen LogP contribution in [0.15, 0.2) is 47.3 Å². The number of para-hydroxylation sites is 1. The smallest absolute Gasteiger partial charge is 0.197 e. The first-order valence-electron chi connectivity index (χ1n) is 10.6. The molecule has 154 valence electrons. The van der Waals surface area contributed by atoms with E-state index in [4.69, 9.17) is 0 Å². The second-order valence-corrected chi connectivity index (χ2v) is 7.78. The van der Waals surface area contributed by atoms with Crippen LogP contribution in [0.25, 0.3) is 21.8 Å². The molecule has 0 amide bonds. The highest BCUT2D eigenvalue weighted by molar-refractivity contribution is 5.93. The van der Waals surface area contributed by atoms with E-state index in [2.05, 4.69) is 37.6 Å². The molecule has 2 aromatic carbocycles. The molecule has 0 radical (unpaired) electrons. The number of hydrogen-bond donors (Lipinski definition) is 3. The second kappa shape index (κ2) is 9.50. The highest BCUT2D eigenvalue weighted by atomic mass is 16.1. The number of rotatable bonds is 2. The summed E-state index contributed by atoms with van der Waals surface area (Å²) < 4.78 is 2.14. The summed E-state index contributed by atoms with van der Waals surface area (Å²) in [5.74, 6) is 0. The third kappa shape index (κ3) is 4.67. The molecule has 3 N–H and O–H groups in total. The van der Waals surface area contributed by atoms with Crippen LogP contribution in [0.5, 0.6) is 0 Å². The molecule has 0 atom stereocenters. The van der Waals surface area contributed by atoms with Crippen molar-refractivity contribution < 1.29 is 0 Å². The van der Waals surface area contributed by atoms with Gasteiger partial charge in [-0.25, -0.2) is 0 Å². The topological polar surface area (TPSA) is 61.3 Å². The third-order valence-electron chi connectivity index (χ3n) is 5.75. The van der Waals surface area contributed by atoms with E-state index in [-0.39, 0.29) is 5.43 Å². The zero-order valence-corrected chi connectivity index (χ0v) is 17.2. The maximum atomic E-state index is 12.9. The molecule has 1 aromatic heterocycles. The van der Waals surface area contributed by atoms with Gasteiger partial charge in [-0.15, -0.1) is 0 Å². The Labute approximate surface area is 171 Å². The van der Waals surface area contributed by atoms with Gasteiger partial charge in [-0.05, 0) is 29.8 Å². The van der Waals surface area contributed by atoms with E-state index in [1.165, 1.54) is 5.56 Å². The zero-order valence-electron chi connectivity index (χ0n) is 17.2. The molecular weight excluding hydrogens is 362 g/mol. The summed E-state index contributed by atoms with van der Waals surface area (Å²) in [5.41, 5.74) is 3.35. The molecule has 2 heterocycles. The summed E-state index contributed by atoms with van der Waals surface area (Å²) in [5, 5.41) is 12.0. The van der Waals surface area contributed by atoms with E-state index >= 15 is 0 Å². The number of fused-ring (bicyclic) bond motifs is 2. The van der Waals surface area contributed by atoms with Crippen molar-refractivity contribution >= 4 is 21.8 Å². The molecule has 0 bridgehead atoms. The number of hydrogen-bond acceptors (Lipinski definition) is 5. The first kappa shape index (κ1) is 20.0. The lowest BCUT2D eigenvalue weighted by Gasteiger charge is -2.24. The van der Waals surface area contributed by atoms with Gasteiger partial charge in [0.2, 0.25) is 0 Å². The number of nitrogens with one attached hydrogen (secondary N) is 3. The van der Waals surface area contributed by atoms with E-state index < -0.39 is 0 Å². The molecule has 0 aliphatic carbocycles. The summed E-state index contributed by atoms with van der Waals surface area (Å²) in [7, 11) is 2.05. The second-order valence-electron chi connectivity index (χ2n) is 7.78. The summed E-state index contributed by atoms with van der Waals surface area (Å²) in [6.07, 6.45) is 0. The van der Waals surface area contributed by atoms with Crippen molar-refractivity contribution in [2.45, 2.75) is 6.54 Å². The minimum atomic E-state index is 0.119. The SMILES string of the molecule is Cn1c2ccccc2c(=O)c2ccc(CN3CCNCCNCCNCC3)cc21. The lowest BCUT2D eigenvalue weighted by atomic mass is 10.1. The minimum Gasteiger partial charge on any atom is -0.343 e. The van der Waals surface area contributed by atoms with E-state index in [1.54, 1.807) is 0 Å². The molecule has 1 aliphatic heterocycles. The lowest BCUT2D eigenvalue weighted by Crippen LogP contribution is -2.41. The summed E-state index contributed by atoms with van der Waals surface area (Å²) >= 11 is 0. The number of aryl methyl sites for hydroxylation is 1. The van der Waals surface area contributed by atoms with Crippen LogP contribution in [-0.2, 0) is 13.6 Å². The van der Waals surface area contributed by atoms with Gasteiger partial charge in [0.05, 0.1) is 11.0 Å². The van der Waals surface area contributed by atoms with Crippen molar-refractivity contribution in [3.05, 3.63) is 58.3 Å².